The predicted molar refractivity (Wildman–Crippen MR) is 90.0 cm³/mol. The van der Waals surface area contributed by atoms with Crippen LogP contribution in [0.25, 0.3) is 0 Å². The summed E-state index contributed by atoms with van der Waals surface area (Å²) in [5.41, 5.74) is 0.944. The summed E-state index contributed by atoms with van der Waals surface area (Å²) >= 11 is 0. The molecule has 0 aliphatic carbocycles. The number of benzene rings is 1. The van der Waals surface area contributed by atoms with E-state index in [4.69, 9.17) is 18.4 Å². The van der Waals surface area contributed by atoms with Gasteiger partial charge in [0, 0.05) is 13.1 Å². The zero-order chi connectivity index (χ0) is 18.3. The van der Waals surface area contributed by atoms with Crippen molar-refractivity contribution in [1.29, 1.82) is 0 Å². The van der Waals surface area contributed by atoms with Crippen molar-refractivity contribution in [1.82, 2.24) is 4.90 Å². The number of fused-ring (bicyclic) bond motifs is 2. The lowest BCUT2D eigenvalue weighted by Crippen LogP contribution is -2.63. The molecule has 3 fully saturated rings. The smallest absolute Gasteiger partial charge is 0.297 e. The second-order valence-corrected chi connectivity index (χ2v) is 8.41. The molecule has 3 heterocycles. The van der Waals surface area contributed by atoms with Crippen molar-refractivity contribution in [3.8, 4) is 0 Å². The highest BCUT2D eigenvalue weighted by Gasteiger charge is 2.54. The number of rotatable bonds is 4. The molecule has 0 saturated carbocycles. The summed E-state index contributed by atoms with van der Waals surface area (Å²) in [6.45, 7) is 4.58. The lowest BCUT2D eigenvalue weighted by Gasteiger charge is -2.44. The molecule has 0 unspecified atom stereocenters. The second-order valence-electron chi connectivity index (χ2n) is 6.83. The van der Waals surface area contributed by atoms with Gasteiger partial charge in [0.2, 0.25) is 0 Å². The largest absolute Gasteiger partial charge is 0.388 e. The van der Waals surface area contributed by atoms with Crippen molar-refractivity contribution in [2.75, 3.05) is 32.9 Å². The van der Waals surface area contributed by atoms with E-state index in [1.807, 2.05) is 6.92 Å². The van der Waals surface area contributed by atoms with Crippen molar-refractivity contribution in [2.45, 2.75) is 42.5 Å². The van der Waals surface area contributed by atoms with Gasteiger partial charge in [0.05, 0.1) is 30.8 Å². The average molecular weight is 385 g/mol. The van der Waals surface area contributed by atoms with Crippen LogP contribution in [0.15, 0.2) is 29.2 Å². The molecule has 1 N–H and O–H groups in total. The van der Waals surface area contributed by atoms with Crippen molar-refractivity contribution >= 4 is 10.1 Å². The molecule has 8 nitrogen and oxygen atoms in total. The highest BCUT2D eigenvalue weighted by Crippen LogP contribution is 2.34. The maximum atomic E-state index is 12.6. The molecule has 0 radical (unpaired) electrons. The van der Waals surface area contributed by atoms with Gasteiger partial charge in [-0.1, -0.05) is 17.7 Å². The molecule has 0 amide bonds. The average Bonchev–Trinajstić information content (AvgIpc) is 3.06. The number of aliphatic hydroxyl groups excluding tert-OH is 1. The van der Waals surface area contributed by atoms with Crippen LogP contribution in [0, 0.1) is 6.92 Å². The zero-order valence-electron chi connectivity index (χ0n) is 14.5. The number of ether oxygens (including phenoxy) is 3. The molecule has 5 atom stereocenters. The van der Waals surface area contributed by atoms with Gasteiger partial charge < -0.3 is 19.3 Å². The third kappa shape index (κ3) is 3.40. The van der Waals surface area contributed by atoms with Crippen molar-refractivity contribution in [2.24, 2.45) is 0 Å². The summed E-state index contributed by atoms with van der Waals surface area (Å²) < 4.78 is 47.4. The third-order valence-corrected chi connectivity index (χ3v) is 6.41. The molecule has 3 aliphatic rings. The van der Waals surface area contributed by atoms with Crippen molar-refractivity contribution < 1.29 is 31.9 Å². The van der Waals surface area contributed by atoms with Gasteiger partial charge >= 0.3 is 0 Å². The van der Waals surface area contributed by atoms with Crippen LogP contribution < -0.4 is 0 Å². The topological polar surface area (TPSA) is 94.5 Å². The molecular weight excluding hydrogens is 362 g/mol. The molecule has 0 aromatic heterocycles. The number of nitrogens with zero attached hydrogens (tertiary/aromatic N) is 1. The molecule has 26 heavy (non-hydrogen) atoms. The molecule has 0 spiro atoms. The van der Waals surface area contributed by atoms with Crippen LogP contribution in [0.3, 0.4) is 0 Å². The summed E-state index contributed by atoms with van der Waals surface area (Å²) in [6, 6.07) is 5.97. The van der Waals surface area contributed by atoms with Gasteiger partial charge in [0.1, 0.15) is 12.2 Å². The van der Waals surface area contributed by atoms with Crippen LogP contribution >= 0.6 is 0 Å². The monoisotopic (exact) mass is 385 g/mol. The van der Waals surface area contributed by atoms with E-state index in [-0.39, 0.29) is 11.0 Å². The summed E-state index contributed by atoms with van der Waals surface area (Å²) in [5, 5.41) is 10.9. The van der Waals surface area contributed by atoms with Crippen molar-refractivity contribution in [3.63, 3.8) is 0 Å². The maximum Gasteiger partial charge on any atom is 0.297 e. The quantitative estimate of drug-likeness (QED) is 0.718. The minimum atomic E-state index is -4.05. The Morgan fingerprint density at radius 1 is 1.19 bits per heavy atom. The van der Waals surface area contributed by atoms with E-state index in [0.717, 1.165) is 5.56 Å². The van der Waals surface area contributed by atoms with Crippen LogP contribution in [-0.4, -0.2) is 82.0 Å². The Hall–Kier alpha value is -1.07. The van der Waals surface area contributed by atoms with Gasteiger partial charge in [-0.3, -0.25) is 9.08 Å². The first kappa shape index (κ1) is 18.3. The van der Waals surface area contributed by atoms with Crippen LogP contribution in [0.2, 0.25) is 0 Å². The van der Waals surface area contributed by atoms with Gasteiger partial charge in [-0.15, -0.1) is 0 Å². The SMILES string of the molecule is Cc1ccc(S(=O)(=O)O[C@H]2[C@@H]3OC[C@H](O3)[C@@H](N3CCOCC3)[C@@H]2O)cc1. The molecule has 1 aromatic rings. The maximum absolute atomic E-state index is 12.6. The Morgan fingerprint density at radius 3 is 2.58 bits per heavy atom. The van der Waals surface area contributed by atoms with E-state index < -0.39 is 34.7 Å². The Bertz CT molecular complexity index is 732. The predicted octanol–water partition coefficient (Wildman–Crippen LogP) is -0.114. The standard InChI is InChI=1S/C17H23NO7S/c1-11-2-4-12(5-3-11)26(20,21)25-16-15(19)14(13-10-23-17(16)24-13)18-6-8-22-9-7-18/h2-5,13-17,19H,6-10H2,1H3/t13-,14+,15-,16+,17+/m0/s1. The second kappa shape index (κ2) is 7.16. The highest BCUT2D eigenvalue weighted by molar-refractivity contribution is 7.86. The van der Waals surface area contributed by atoms with Gasteiger partial charge in [-0.25, -0.2) is 0 Å². The number of hydrogen-bond acceptors (Lipinski definition) is 8. The highest BCUT2D eigenvalue weighted by atomic mass is 32.2. The van der Waals surface area contributed by atoms with Gasteiger partial charge in [-0.05, 0) is 19.1 Å². The van der Waals surface area contributed by atoms with Gasteiger partial charge in [0.25, 0.3) is 10.1 Å². The first-order valence-corrected chi connectivity index (χ1v) is 10.1. The number of morpholine rings is 1. The van der Waals surface area contributed by atoms with E-state index in [9.17, 15) is 13.5 Å². The van der Waals surface area contributed by atoms with Crippen LogP contribution in [0.4, 0.5) is 0 Å². The number of hydrogen-bond donors (Lipinski definition) is 1. The van der Waals surface area contributed by atoms with Crippen molar-refractivity contribution in [3.05, 3.63) is 29.8 Å². The van der Waals surface area contributed by atoms with E-state index in [0.29, 0.717) is 32.9 Å². The molecule has 3 saturated heterocycles. The summed E-state index contributed by atoms with van der Waals surface area (Å²) in [5.74, 6) is 0. The van der Waals surface area contributed by atoms with Crippen LogP contribution in [-0.2, 0) is 28.5 Å². The van der Waals surface area contributed by atoms with Crippen LogP contribution in [0.5, 0.6) is 0 Å². The third-order valence-electron chi connectivity index (χ3n) is 5.08. The molecule has 9 heteroatoms. The molecule has 144 valence electrons. The Labute approximate surface area is 152 Å². The van der Waals surface area contributed by atoms with Gasteiger partial charge in [-0.2, -0.15) is 8.42 Å². The Balaban J connectivity index is 1.56. The minimum Gasteiger partial charge on any atom is -0.388 e. The summed E-state index contributed by atoms with van der Waals surface area (Å²) in [7, 11) is -4.05. The Morgan fingerprint density at radius 2 is 1.88 bits per heavy atom. The Kier molecular flexibility index (Phi) is 5.04. The molecule has 2 bridgehead atoms. The fraction of sp³-hybridized carbons (Fsp3) is 0.647. The van der Waals surface area contributed by atoms with E-state index in [2.05, 4.69) is 4.90 Å². The molecule has 3 aliphatic heterocycles. The fourth-order valence-corrected chi connectivity index (χ4v) is 4.78. The first-order valence-electron chi connectivity index (χ1n) is 8.72. The first-order chi connectivity index (χ1) is 12.5. The molecule has 4 rings (SSSR count). The fourth-order valence-electron chi connectivity index (χ4n) is 3.70. The lowest BCUT2D eigenvalue weighted by molar-refractivity contribution is -0.211. The normalized spacial score (nSPS) is 35.5. The number of aliphatic hydroxyl groups is 1. The van der Waals surface area contributed by atoms with E-state index in [1.165, 1.54) is 12.1 Å². The lowest BCUT2D eigenvalue weighted by atomic mass is 9.96. The van der Waals surface area contributed by atoms with E-state index >= 15 is 0 Å². The number of aryl methyl sites for hydroxylation is 1. The van der Waals surface area contributed by atoms with Crippen LogP contribution in [0.1, 0.15) is 5.56 Å². The molecule has 1 aromatic carbocycles. The summed E-state index contributed by atoms with van der Waals surface area (Å²) in [6.07, 6.45) is -3.37. The minimum absolute atomic E-state index is 0.0401. The van der Waals surface area contributed by atoms with Gasteiger partial charge in [0.15, 0.2) is 12.4 Å². The summed E-state index contributed by atoms with van der Waals surface area (Å²) in [4.78, 5) is 2.09. The zero-order valence-corrected chi connectivity index (χ0v) is 15.3. The molecular formula is C17H23NO7S. The van der Waals surface area contributed by atoms with E-state index in [1.54, 1.807) is 12.1 Å².